The molecule has 0 aromatic heterocycles. The molecule has 0 saturated heterocycles. The van der Waals surface area contributed by atoms with Crippen LogP contribution in [0.3, 0.4) is 0 Å². The number of esters is 2. The smallest absolute Gasteiger partial charge is 0.343 e. The monoisotopic (exact) mass is 540 g/mol. The van der Waals surface area contributed by atoms with E-state index in [1.165, 1.54) is 6.08 Å². The average molecular weight is 541 g/mol. The SMILES string of the molecule is O=C(/C=C/c1ccc(OC(=O)c2ccccc2)cc1)N[C@@H](COC(=O)c1ccccc1)C(=O)NC1CCCCC1. The molecule has 206 valence electrons. The lowest BCUT2D eigenvalue weighted by molar-refractivity contribution is -0.128. The van der Waals surface area contributed by atoms with Crippen LogP contribution in [0.2, 0.25) is 0 Å². The molecule has 0 unspecified atom stereocenters. The first-order valence-corrected chi connectivity index (χ1v) is 13.4. The molecule has 4 rings (SSSR count). The van der Waals surface area contributed by atoms with Crippen molar-refractivity contribution >= 4 is 29.8 Å². The number of nitrogens with one attached hydrogen (secondary N) is 2. The number of rotatable bonds is 10. The molecule has 0 aliphatic heterocycles. The fraction of sp³-hybridized carbons (Fsp3) is 0.250. The molecule has 0 radical (unpaired) electrons. The van der Waals surface area contributed by atoms with Gasteiger partial charge in [0.25, 0.3) is 0 Å². The van der Waals surface area contributed by atoms with E-state index in [4.69, 9.17) is 9.47 Å². The van der Waals surface area contributed by atoms with E-state index < -0.39 is 23.9 Å². The maximum Gasteiger partial charge on any atom is 0.343 e. The molecule has 3 aromatic rings. The molecule has 0 bridgehead atoms. The van der Waals surface area contributed by atoms with Crippen LogP contribution in [0.1, 0.15) is 58.4 Å². The van der Waals surface area contributed by atoms with Crippen LogP contribution in [-0.4, -0.2) is 42.4 Å². The normalized spacial score (nSPS) is 14.2. The minimum absolute atomic E-state index is 0.0375. The Morgan fingerprint density at radius 3 is 2.00 bits per heavy atom. The third-order valence-electron chi connectivity index (χ3n) is 6.50. The zero-order valence-electron chi connectivity index (χ0n) is 22.1. The molecule has 1 fully saturated rings. The lowest BCUT2D eigenvalue weighted by atomic mass is 9.95. The first kappa shape index (κ1) is 28.3. The highest BCUT2D eigenvalue weighted by molar-refractivity contribution is 5.96. The first-order valence-electron chi connectivity index (χ1n) is 13.4. The highest BCUT2D eigenvalue weighted by Gasteiger charge is 2.25. The van der Waals surface area contributed by atoms with Crippen molar-refractivity contribution < 1.29 is 28.7 Å². The van der Waals surface area contributed by atoms with Gasteiger partial charge in [-0.15, -0.1) is 0 Å². The minimum Gasteiger partial charge on any atom is -0.459 e. The number of ether oxygens (including phenoxy) is 2. The van der Waals surface area contributed by atoms with Crippen molar-refractivity contribution in [3.63, 3.8) is 0 Å². The summed E-state index contributed by atoms with van der Waals surface area (Å²) < 4.78 is 10.7. The van der Waals surface area contributed by atoms with E-state index in [9.17, 15) is 19.2 Å². The van der Waals surface area contributed by atoms with Gasteiger partial charge in [0.15, 0.2) is 0 Å². The molecule has 1 atom stereocenters. The fourth-order valence-corrected chi connectivity index (χ4v) is 4.33. The second-order valence-corrected chi connectivity index (χ2v) is 9.53. The van der Waals surface area contributed by atoms with Crippen molar-refractivity contribution in [2.45, 2.75) is 44.2 Å². The lowest BCUT2D eigenvalue weighted by Gasteiger charge is -2.25. The molecule has 2 N–H and O–H groups in total. The van der Waals surface area contributed by atoms with Gasteiger partial charge in [-0.05, 0) is 60.9 Å². The van der Waals surface area contributed by atoms with Crippen molar-refractivity contribution in [3.05, 3.63) is 108 Å². The second kappa shape index (κ2) is 14.4. The van der Waals surface area contributed by atoms with Crippen LogP contribution in [-0.2, 0) is 14.3 Å². The molecule has 0 spiro atoms. The van der Waals surface area contributed by atoms with Crippen LogP contribution in [0.25, 0.3) is 6.08 Å². The van der Waals surface area contributed by atoms with Gasteiger partial charge in [0.05, 0.1) is 11.1 Å². The predicted molar refractivity (Wildman–Crippen MR) is 151 cm³/mol. The molecule has 8 nitrogen and oxygen atoms in total. The molecule has 3 aromatic carbocycles. The van der Waals surface area contributed by atoms with Gasteiger partial charge in [-0.1, -0.05) is 67.8 Å². The van der Waals surface area contributed by atoms with Crippen molar-refractivity contribution in [1.82, 2.24) is 10.6 Å². The summed E-state index contributed by atoms with van der Waals surface area (Å²) in [4.78, 5) is 50.4. The summed E-state index contributed by atoms with van der Waals surface area (Å²) in [5.74, 6) is -1.57. The van der Waals surface area contributed by atoms with Crippen molar-refractivity contribution in [2.75, 3.05) is 6.61 Å². The van der Waals surface area contributed by atoms with E-state index in [2.05, 4.69) is 10.6 Å². The van der Waals surface area contributed by atoms with E-state index in [-0.39, 0.29) is 18.6 Å². The molecule has 1 aliphatic rings. The number of hydrogen-bond donors (Lipinski definition) is 2. The molecular weight excluding hydrogens is 508 g/mol. The van der Waals surface area contributed by atoms with E-state index in [0.717, 1.165) is 32.1 Å². The molecular formula is C32H32N2O6. The van der Waals surface area contributed by atoms with E-state index in [1.54, 1.807) is 84.9 Å². The fourth-order valence-electron chi connectivity index (χ4n) is 4.33. The average Bonchev–Trinajstić information content (AvgIpc) is 3.00. The molecule has 0 heterocycles. The zero-order chi connectivity index (χ0) is 28.2. The third-order valence-corrected chi connectivity index (χ3v) is 6.50. The Morgan fingerprint density at radius 1 is 0.775 bits per heavy atom. The van der Waals surface area contributed by atoms with Crippen LogP contribution in [0.4, 0.5) is 0 Å². The van der Waals surface area contributed by atoms with Crippen LogP contribution in [0.5, 0.6) is 5.75 Å². The highest BCUT2D eigenvalue weighted by Crippen LogP contribution is 2.18. The van der Waals surface area contributed by atoms with Crippen molar-refractivity contribution in [3.8, 4) is 5.75 Å². The van der Waals surface area contributed by atoms with Crippen LogP contribution >= 0.6 is 0 Å². The zero-order valence-corrected chi connectivity index (χ0v) is 22.1. The van der Waals surface area contributed by atoms with Gasteiger partial charge in [-0.3, -0.25) is 9.59 Å². The summed E-state index contributed by atoms with van der Waals surface area (Å²) in [5, 5.41) is 5.64. The van der Waals surface area contributed by atoms with Crippen LogP contribution in [0.15, 0.2) is 91.0 Å². The quantitative estimate of drug-likeness (QED) is 0.219. The van der Waals surface area contributed by atoms with Gasteiger partial charge in [0, 0.05) is 12.1 Å². The summed E-state index contributed by atoms with van der Waals surface area (Å²) in [5.41, 5.74) is 1.49. The Balaban J connectivity index is 1.34. The maximum atomic E-state index is 13.0. The first-order chi connectivity index (χ1) is 19.5. The Hall–Kier alpha value is -4.72. The summed E-state index contributed by atoms with van der Waals surface area (Å²) in [6.45, 7) is -0.298. The number of amides is 2. The topological polar surface area (TPSA) is 111 Å². The Bertz CT molecular complexity index is 1320. The summed E-state index contributed by atoms with van der Waals surface area (Å²) in [6, 6.07) is 22.8. The second-order valence-electron chi connectivity index (χ2n) is 9.53. The van der Waals surface area contributed by atoms with Crippen LogP contribution in [0, 0.1) is 0 Å². The van der Waals surface area contributed by atoms with Gasteiger partial charge in [-0.25, -0.2) is 9.59 Å². The number of carbonyl (C=O) groups is 4. The molecule has 1 saturated carbocycles. The Labute approximate surface area is 233 Å². The van der Waals surface area contributed by atoms with Crippen molar-refractivity contribution in [1.29, 1.82) is 0 Å². The van der Waals surface area contributed by atoms with E-state index >= 15 is 0 Å². The van der Waals surface area contributed by atoms with E-state index in [0.29, 0.717) is 22.4 Å². The Kier molecular flexibility index (Phi) is 10.2. The maximum absolute atomic E-state index is 13.0. The lowest BCUT2D eigenvalue weighted by Crippen LogP contribution is -2.52. The number of carbonyl (C=O) groups excluding carboxylic acids is 4. The van der Waals surface area contributed by atoms with Gasteiger partial charge >= 0.3 is 11.9 Å². The van der Waals surface area contributed by atoms with Crippen LogP contribution < -0.4 is 15.4 Å². The number of benzene rings is 3. The standard InChI is InChI=1S/C32H32N2O6/c35-29(21-18-23-16-19-27(20-17-23)40-32(38)25-12-6-2-7-13-25)34-28(30(36)33-26-14-8-3-9-15-26)22-39-31(37)24-10-4-1-5-11-24/h1-2,4-7,10-13,16-21,26,28H,3,8-9,14-15,22H2,(H,33,36)(H,34,35)/b21-18+/t28-/m0/s1. The number of hydrogen-bond acceptors (Lipinski definition) is 6. The third kappa shape index (κ3) is 8.66. The molecule has 2 amide bonds. The van der Waals surface area contributed by atoms with Gasteiger partial charge < -0.3 is 20.1 Å². The predicted octanol–water partition coefficient (Wildman–Crippen LogP) is 4.71. The van der Waals surface area contributed by atoms with Gasteiger partial charge in [0.2, 0.25) is 11.8 Å². The highest BCUT2D eigenvalue weighted by atomic mass is 16.5. The summed E-state index contributed by atoms with van der Waals surface area (Å²) >= 11 is 0. The van der Waals surface area contributed by atoms with Gasteiger partial charge in [0.1, 0.15) is 18.4 Å². The molecule has 40 heavy (non-hydrogen) atoms. The molecule has 8 heteroatoms. The largest absolute Gasteiger partial charge is 0.459 e. The van der Waals surface area contributed by atoms with Gasteiger partial charge in [-0.2, -0.15) is 0 Å². The minimum atomic E-state index is -1.05. The van der Waals surface area contributed by atoms with Crippen molar-refractivity contribution in [2.24, 2.45) is 0 Å². The molecule has 1 aliphatic carbocycles. The summed E-state index contributed by atoms with van der Waals surface area (Å²) in [7, 11) is 0. The van der Waals surface area contributed by atoms with E-state index in [1.807, 2.05) is 6.07 Å². The summed E-state index contributed by atoms with van der Waals surface area (Å²) in [6.07, 6.45) is 7.85. The Morgan fingerprint density at radius 2 is 1.38 bits per heavy atom.